The van der Waals surface area contributed by atoms with Crippen LogP contribution < -0.4 is 10.9 Å². The Balaban J connectivity index is 2.28. The van der Waals surface area contributed by atoms with Crippen molar-refractivity contribution < 1.29 is 20.1 Å². The van der Waals surface area contributed by atoms with Gasteiger partial charge >= 0.3 is 0 Å². The van der Waals surface area contributed by atoms with Crippen LogP contribution in [-0.4, -0.2) is 62.3 Å². The van der Waals surface area contributed by atoms with Gasteiger partial charge in [-0.05, 0) is 6.26 Å². The molecule has 118 valence electrons. The van der Waals surface area contributed by atoms with Crippen molar-refractivity contribution in [3.63, 3.8) is 0 Å². The minimum Gasteiger partial charge on any atom is -0.388 e. The number of aromatic nitrogens is 2. The summed E-state index contributed by atoms with van der Waals surface area (Å²) in [5.41, 5.74) is -0.440. The molecule has 0 bridgehead atoms. The van der Waals surface area contributed by atoms with Gasteiger partial charge in [0.2, 0.25) is 0 Å². The summed E-state index contributed by atoms with van der Waals surface area (Å²) in [6.45, 7) is -0.159. The summed E-state index contributed by atoms with van der Waals surface area (Å²) in [6.07, 6.45) is -3.19. The number of aliphatic hydroxyl groups is 3. The lowest BCUT2D eigenvalue weighted by molar-refractivity contribution is -0.178. The zero-order valence-corrected chi connectivity index (χ0v) is 12.9. The molecule has 4 atom stereocenters. The predicted molar refractivity (Wildman–Crippen MR) is 77.7 cm³/mol. The Morgan fingerprint density at radius 2 is 2.10 bits per heavy atom. The zero-order chi connectivity index (χ0) is 15.7. The average molecular weight is 338 g/mol. The van der Waals surface area contributed by atoms with Gasteiger partial charge in [0, 0.05) is 7.05 Å². The second kappa shape index (κ2) is 6.51. The molecule has 1 aliphatic heterocycles. The van der Waals surface area contributed by atoms with Gasteiger partial charge in [0.1, 0.15) is 23.3 Å². The number of aliphatic hydroxyl groups excluding tert-OH is 3. The van der Waals surface area contributed by atoms with Crippen LogP contribution in [0.2, 0.25) is 5.02 Å². The summed E-state index contributed by atoms with van der Waals surface area (Å²) < 4.78 is 6.49. The Kier molecular flexibility index (Phi) is 5.12. The lowest BCUT2D eigenvalue weighted by Crippen LogP contribution is -2.55. The van der Waals surface area contributed by atoms with Gasteiger partial charge < -0.3 is 25.4 Å². The Labute approximate surface area is 129 Å². The van der Waals surface area contributed by atoms with E-state index in [0.29, 0.717) is 5.16 Å². The number of thioether (sulfide) groups is 1. The molecule has 0 spiro atoms. The highest BCUT2D eigenvalue weighted by molar-refractivity contribution is 7.98. The molecule has 0 aliphatic carbocycles. The van der Waals surface area contributed by atoms with Crippen molar-refractivity contribution in [3.8, 4) is 0 Å². The normalized spacial score (nSPS) is 29.4. The molecular formula is C11H16ClN3O5S. The van der Waals surface area contributed by atoms with E-state index in [1.165, 1.54) is 16.3 Å². The van der Waals surface area contributed by atoms with Crippen LogP contribution in [-0.2, 0) is 11.8 Å². The van der Waals surface area contributed by atoms with Crippen molar-refractivity contribution in [2.24, 2.45) is 7.05 Å². The molecule has 0 radical (unpaired) electrons. The quantitative estimate of drug-likeness (QED) is 0.410. The van der Waals surface area contributed by atoms with Gasteiger partial charge in [0.15, 0.2) is 17.2 Å². The predicted octanol–water partition coefficient (Wildman–Crippen LogP) is -0.994. The van der Waals surface area contributed by atoms with Gasteiger partial charge in [-0.25, -0.2) is 4.98 Å². The molecule has 1 saturated heterocycles. The fourth-order valence-corrected chi connectivity index (χ4v) is 2.66. The summed E-state index contributed by atoms with van der Waals surface area (Å²) >= 11 is 7.20. The maximum absolute atomic E-state index is 12.0. The molecule has 0 saturated carbocycles. The Morgan fingerprint density at radius 3 is 2.71 bits per heavy atom. The third-order valence-electron chi connectivity index (χ3n) is 3.16. The Morgan fingerprint density at radius 1 is 1.43 bits per heavy atom. The monoisotopic (exact) mass is 337 g/mol. The largest absolute Gasteiger partial charge is 0.388 e. The van der Waals surface area contributed by atoms with Crippen LogP contribution in [0.4, 0.5) is 5.82 Å². The van der Waals surface area contributed by atoms with E-state index in [9.17, 15) is 20.1 Å². The first-order valence-corrected chi connectivity index (χ1v) is 7.70. The van der Waals surface area contributed by atoms with Gasteiger partial charge in [0.05, 0.1) is 6.61 Å². The summed E-state index contributed by atoms with van der Waals surface area (Å²) in [7, 11) is 1.54. The van der Waals surface area contributed by atoms with Gasteiger partial charge in [-0.2, -0.15) is 0 Å². The molecule has 4 unspecified atom stereocenters. The highest BCUT2D eigenvalue weighted by Crippen LogP contribution is 2.23. The maximum atomic E-state index is 12.0. The van der Waals surface area contributed by atoms with Gasteiger partial charge in [-0.3, -0.25) is 9.36 Å². The first kappa shape index (κ1) is 16.5. The smallest absolute Gasteiger partial charge is 0.274 e. The Bertz CT molecular complexity index is 584. The third kappa shape index (κ3) is 3.17. The zero-order valence-electron chi connectivity index (χ0n) is 11.4. The van der Waals surface area contributed by atoms with Crippen LogP contribution in [0.5, 0.6) is 0 Å². The number of rotatable bonds is 3. The number of halogens is 1. The fourth-order valence-electron chi connectivity index (χ4n) is 1.90. The fraction of sp³-hybridized carbons (Fsp3) is 0.636. The summed E-state index contributed by atoms with van der Waals surface area (Å²) in [5.74, 6) is 0.0526. The van der Waals surface area contributed by atoms with Gasteiger partial charge in [-0.15, -0.1) is 0 Å². The van der Waals surface area contributed by atoms with Crippen LogP contribution in [0.1, 0.15) is 0 Å². The molecule has 21 heavy (non-hydrogen) atoms. The molecule has 2 rings (SSSR count). The second-order valence-corrected chi connectivity index (χ2v) is 5.72. The van der Waals surface area contributed by atoms with Crippen LogP contribution in [0.3, 0.4) is 0 Å². The van der Waals surface area contributed by atoms with E-state index in [0.717, 1.165) is 0 Å². The van der Waals surface area contributed by atoms with Crippen LogP contribution in [0.15, 0.2) is 9.95 Å². The molecule has 1 fully saturated rings. The highest BCUT2D eigenvalue weighted by atomic mass is 35.5. The van der Waals surface area contributed by atoms with E-state index in [-0.39, 0.29) is 17.4 Å². The second-order valence-electron chi connectivity index (χ2n) is 4.57. The topological polar surface area (TPSA) is 117 Å². The molecule has 4 N–H and O–H groups in total. The summed E-state index contributed by atoms with van der Waals surface area (Å²) in [4.78, 5) is 16.1. The molecule has 1 aromatic heterocycles. The van der Waals surface area contributed by atoms with E-state index in [1.807, 2.05) is 0 Å². The minimum atomic E-state index is -1.38. The average Bonchev–Trinajstić information content (AvgIpc) is 2.48. The third-order valence-corrected chi connectivity index (χ3v) is 4.23. The number of hydrogen-bond acceptors (Lipinski definition) is 8. The summed E-state index contributed by atoms with van der Waals surface area (Å²) in [6, 6.07) is 0. The van der Waals surface area contributed by atoms with Crippen molar-refractivity contribution in [3.05, 3.63) is 15.4 Å². The van der Waals surface area contributed by atoms with E-state index in [1.54, 1.807) is 13.3 Å². The van der Waals surface area contributed by atoms with E-state index in [4.69, 9.17) is 16.3 Å². The number of nitrogens with zero attached hydrogens (tertiary/aromatic N) is 2. The Hall–Kier alpha value is -0.840. The van der Waals surface area contributed by atoms with Crippen molar-refractivity contribution in [2.45, 2.75) is 29.7 Å². The molecule has 1 aliphatic rings. The number of nitrogens with one attached hydrogen (secondary N) is 1. The molecule has 0 aromatic carbocycles. The number of anilines is 1. The number of ether oxygens (including phenoxy) is 1. The molecule has 8 nitrogen and oxygen atoms in total. The van der Waals surface area contributed by atoms with Crippen molar-refractivity contribution >= 4 is 29.2 Å². The molecule has 2 heterocycles. The van der Waals surface area contributed by atoms with E-state index >= 15 is 0 Å². The maximum Gasteiger partial charge on any atom is 0.274 e. The van der Waals surface area contributed by atoms with E-state index < -0.39 is 30.1 Å². The molecular weight excluding hydrogens is 322 g/mol. The number of hydrogen-bond donors (Lipinski definition) is 4. The molecule has 10 heteroatoms. The van der Waals surface area contributed by atoms with E-state index in [2.05, 4.69) is 10.3 Å². The van der Waals surface area contributed by atoms with Crippen LogP contribution in [0, 0.1) is 0 Å². The van der Waals surface area contributed by atoms with Crippen molar-refractivity contribution in [2.75, 3.05) is 18.2 Å². The van der Waals surface area contributed by atoms with Crippen molar-refractivity contribution in [1.82, 2.24) is 9.55 Å². The lowest BCUT2D eigenvalue weighted by atomic mass is 10.0. The lowest BCUT2D eigenvalue weighted by Gasteiger charge is -2.35. The minimum absolute atomic E-state index is 0.0526. The van der Waals surface area contributed by atoms with Crippen LogP contribution in [0.25, 0.3) is 0 Å². The first-order valence-electron chi connectivity index (χ1n) is 6.09. The van der Waals surface area contributed by atoms with Gasteiger partial charge in [-0.1, -0.05) is 23.4 Å². The summed E-state index contributed by atoms with van der Waals surface area (Å²) in [5, 5.41) is 31.8. The molecule has 1 aromatic rings. The van der Waals surface area contributed by atoms with Crippen LogP contribution >= 0.6 is 23.4 Å². The highest BCUT2D eigenvalue weighted by Gasteiger charge is 2.38. The van der Waals surface area contributed by atoms with Gasteiger partial charge in [0.25, 0.3) is 5.56 Å². The standard InChI is InChI=1S/C11H16ClN3O5S/c1-15-10(19)5(12)8(14-11(15)21-2)13-9-7(18)6(17)4(16)3-20-9/h4,6-7,9,13,16-18H,3H2,1-2H3. The first-order chi connectivity index (χ1) is 9.86. The van der Waals surface area contributed by atoms with Crippen molar-refractivity contribution in [1.29, 1.82) is 0 Å². The molecule has 0 amide bonds. The SMILES string of the molecule is CSc1nc(NC2OCC(O)C(O)C2O)c(Cl)c(=O)n1C.